The van der Waals surface area contributed by atoms with Crippen molar-refractivity contribution in [3.63, 3.8) is 0 Å². The highest BCUT2D eigenvalue weighted by molar-refractivity contribution is 6.33. The van der Waals surface area contributed by atoms with Crippen LogP contribution in [0.25, 0.3) is 0 Å². The van der Waals surface area contributed by atoms with Gasteiger partial charge in [0.1, 0.15) is 5.78 Å². The van der Waals surface area contributed by atoms with Gasteiger partial charge in [0, 0.05) is 63.7 Å². The molecule has 10 nitrogen and oxygen atoms in total. The molecule has 0 spiro atoms. The number of alkyl halides is 3. The van der Waals surface area contributed by atoms with Gasteiger partial charge in [-0.25, -0.2) is 9.59 Å². The van der Waals surface area contributed by atoms with E-state index in [1.807, 2.05) is 24.3 Å². The lowest BCUT2D eigenvalue weighted by Gasteiger charge is -2.38. The summed E-state index contributed by atoms with van der Waals surface area (Å²) < 4.78 is 46.5. The topological polar surface area (TPSA) is 125 Å². The molecule has 0 unspecified atom stereocenters. The van der Waals surface area contributed by atoms with Crippen LogP contribution in [0.5, 0.6) is 0 Å². The Labute approximate surface area is 257 Å². The van der Waals surface area contributed by atoms with E-state index < -0.39 is 35.5 Å². The number of ether oxygens (including phenoxy) is 1. The van der Waals surface area contributed by atoms with Crippen LogP contribution in [-0.2, 0) is 33.3 Å². The lowest BCUT2D eigenvalue weighted by Crippen LogP contribution is -2.51. The van der Waals surface area contributed by atoms with Crippen molar-refractivity contribution in [2.75, 3.05) is 43.8 Å². The molecule has 0 radical (unpaired) electrons. The smallest absolute Gasteiger partial charge is 0.418 e. The summed E-state index contributed by atoms with van der Waals surface area (Å²) in [4.78, 5) is 56.0. The first-order chi connectivity index (χ1) is 20.9. The average molecular weight is 636 g/mol. The van der Waals surface area contributed by atoms with Crippen LogP contribution in [-0.4, -0.2) is 83.4 Å². The molecule has 2 saturated heterocycles. The molecule has 44 heavy (non-hydrogen) atoms. The van der Waals surface area contributed by atoms with E-state index in [1.54, 1.807) is 4.90 Å². The number of para-hydroxylation sites is 1. The minimum Gasteiger partial charge on any atom is -0.436 e. The van der Waals surface area contributed by atoms with Gasteiger partial charge in [0.05, 0.1) is 16.3 Å². The van der Waals surface area contributed by atoms with Crippen molar-refractivity contribution in [3.8, 4) is 0 Å². The number of hydrogen-bond acceptors (Lipinski definition) is 6. The number of benzene rings is 2. The number of Topliss-reactive ketones (excluding diaryl/α,β-unsaturated/α-hetero) is 1. The first-order valence-corrected chi connectivity index (χ1v) is 14.8. The minimum absolute atomic E-state index is 0.00688. The molecule has 2 fully saturated rings. The van der Waals surface area contributed by atoms with Crippen LogP contribution in [0.4, 0.5) is 34.1 Å². The van der Waals surface area contributed by atoms with Gasteiger partial charge in [-0.1, -0.05) is 29.8 Å². The summed E-state index contributed by atoms with van der Waals surface area (Å²) in [6, 6.07) is 9.30. The third kappa shape index (κ3) is 7.03. The van der Waals surface area contributed by atoms with Crippen molar-refractivity contribution >= 4 is 46.8 Å². The number of nitrogens with zero attached hydrogens (tertiary/aromatic N) is 3. The quantitative estimate of drug-likeness (QED) is 0.458. The number of nitrogen functional groups attached to an aromatic ring is 1. The number of hydrogen-bond donors (Lipinski definition) is 2. The molecule has 3 heterocycles. The maximum Gasteiger partial charge on any atom is 0.418 e. The molecule has 3 aliphatic heterocycles. The first-order valence-electron chi connectivity index (χ1n) is 14.5. The zero-order chi connectivity index (χ0) is 31.6. The number of nitrogens with one attached hydrogen (secondary N) is 1. The summed E-state index contributed by atoms with van der Waals surface area (Å²) in [6.07, 6.45) is -5.48. The monoisotopic (exact) mass is 635 g/mol. The molecular weight excluding hydrogens is 603 g/mol. The maximum absolute atomic E-state index is 13.6. The lowest BCUT2D eigenvalue weighted by molar-refractivity contribution is -0.143. The first kappa shape index (κ1) is 31.4. The van der Waals surface area contributed by atoms with Crippen LogP contribution in [0.1, 0.15) is 42.4 Å². The predicted molar refractivity (Wildman–Crippen MR) is 156 cm³/mol. The molecule has 14 heteroatoms. The third-order valence-corrected chi connectivity index (χ3v) is 8.69. The fraction of sp³-hybridized carbons (Fsp3) is 0.467. The zero-order valence-electron chi connectivity index (χ0n) is 23.9. The number of carbonyl (C=O) groups excluding carboxylic acids is 4. The van der Waals surface area contributed by atoms with Gasteiger partial charge < -0.3 is 30.5 Å². The molecule has 0 saturated carbocycles. The van der Waals surface area contributed by atoms with E-state index in [0.29, 0.717) is 25.8 Å². The Morgan fingerprint density at radius 3 is 2.36 bits per heavy atom. The normalized spacial score (nSPS) is 18.8. The summed E-state index contributed by atoms with van der Waals surface area (Å²) in [5.74, 6) is -0.615. The van der Waals surface area contributed by atoms with Gasteiger partial charge in [-0.15, -0.1) is 0 Å². The predicted octanol–water partition coefficient (Wildman–Crippen LogP) is 4.73. The highest BCUT2D eigenvalue weighted by Crippen LogP contribution is 2.38. The molecule has 2 aromatic rings. The Morgan fingerprint density at radius 1 is 1.00 bits per heavy atom. The number of urea groups is 1. The summed E-state index contributed by atoms with van der Waals surface area (Å²) in [6.45, 7) is 1.28. The molecule has 4 amide bonds. The van der Waals surface area contributed by atoms with Crippen molar-refractivity contribution in [2.24, 2.45) is 0 Å². The fourth-order valence-electron chi connectivity index (χ4n) is 5.89. The van der Waals surface area contributed by atoms with E-state index in [2.05, 4.69) is 5.32 Å². The number of rotatable bonds is 5. The molecule has 3 N–H and O–H groups in total. The standard InChI is InChI=1S/C30H33ClF3N5O5/c31-23-16-18(15-22(26(23)35)30(32,33)34)17-25(27(41)37-12-8-21(40)9-13-37)44-29(43)38-10-6-20(7-11-38)39-14-5-19-3-1-2-4-24(19)36-28(39)42/h1-4,15-16,20,25H,5-14,17,35H2,(H,36,42)/t25-/m1/s1. The molecule has 0 aliphatic carbocycles. The Morgan fingerprint density at radius 2 is 1.68 bits per heavy atom. The van der Waals surface area contributed by atoms with Gasteiger partial charge in [-0.2, -0.15) is 13.2 Å². The molecule has 3 aliphatic rings. The molecule has 236 valence electrons. The molecule has 0 aromatic heterocycles. The fourth-order valence-corrected chi connectivity index (χ4v) is 6.14. The second kappa shape index (κ2) is 12.9. The SMILES string of the molecule is Nc1c(Cl)cc(C[C@@H](OC(=O)N2CCC(N3CCc4ccccc4NC3=O)CC2)C(=O)N2CCC(=O)CC2)cc1C(F)(F)F. The number of fused-ring (bicyclic) bond motifs is 1. The van der Waals surface area contributed by atoms with Gasteiger partial charge >= 0.3 is 18.3 Å². The van der Waals surface area contributed by atoms with Crippen LogP contribution < -0.4 is 11.1 Å². The van der Waals surface area contributed by atoms with E-state index in [9.17, 15) is 32.3 Å². The zero-order valence-corrected chi connectivity index (χ0v) is 24.6. The number of anilines is 2. The van der Waals surface area contributed by atoms with Crippen LogP contribution in [0, 0.1) is 0 Å². The van der Waals surface area contributed by atoms with Crippen LogP contribution in [0.15, 0.2) is 36.4 Å². The molecule has 2 aromatic carbocycles. The lowest BCUT2D eigenvalue weighted by atomic mass is 10.0. The number of likely N-dealkylation sites (tertiary alicyclic amines) is 2. The summed E-state index contributed by atoms with van der Waals surface area (Å²) >= 11 is 6.00. The van der Waals surface area contributed by atoms with E-state index >= 15 is 0 Å². The minimum atomic E-state index is -4.79. The summed E-state index contributed by atoms with van der Waals surface area (Å²) in [5.41, 5.74) is 5.61. The summed E-state index contributed by atoms with van der Waals surface area (Å²) in [7, 11) is 0. The number of nitrogens with two attached hydrogens (primary N) is 1. The Balaban J connectivity index is 1.27. The van der Waals surface area contributed by atoms with Crippen LogP contribution >= 0.6 is 11.6 Å². The Bertz CT molecular complexity index is 1440. The average Bonchev–Trinajstić information content (AvgIpc) is 3.16. The van der Waals surface area contributed by atoms with Crippen molar-refractivity contribution < 1.29 is 37.1 Å². The molecular formula is C30H33ClF3N5O5. The van der Waals surface area contributed by atoms with Crippen LogP contribution in [0.3, 0.4) is 0 Å². The number of piperidine rings is 2. The highest BCUT2D eigenvalue weighted by atomic mass is 35.5. The summed E-state index contributed by atoms with van der Waals surface area (Å²) in [5, 5.41) is 2.62. The Hall–Kier alpha value is -4.00. The van der Waals surface area contributed by atoms with Crippen molar-refractivity contribution in [1.29, 1.82) is 0 Å². The van der Waals surface area contributed by atoms with E-state index in [4.69, 9.17) is 22.1 Å². The van der Waals surface area contributed by atoms with Gasteiger partial charge in [0.2, 0.25) is 0 Å². The number of carbonyl (C=O) groups is 4. The maximum atomic E-state index is 13.6. The largest absolute Gasteiger partial charge is 0.436 e. The highest BCUT2D eigenvalue weighted by Gasteiger charge is 2.37. The molecule has 1 atom stereocenters. The van der Waals surface area contributed by atoms with Crippen molar-refractivity contribution in [2.45, 2.75) is 56.8 Å². The number of halogens is 4. The van der Waals surface area contributed by atoms with E-state index in [0.717, 1.165) is 17.3 Å². The van der Waals surface area contributed by atoms with Gasteiger partial charge in [-0.05, 0) is 48.6 Å². The second-order valence-corrected chi connectivity index (χ2v) is 11.6. The third-order valence-electron chi connectivity index (χ3n) is 8.37. The Kier molecular flexibility index (Phi) is 9.23. The second-order valence-electron chi connectivity index (χ2n) is 11.2. The number of amides is 4. The molecule has 5 rings (SSSR count). The van der Waals surface area contributed by atoms with Gasteiger partial charge in [0.15, 0.2) is 6.10 Å². The van der Waals surface area contributed by atoms with Crippen LogP contribution in [0.2, 0.25) is 5.02 Å². The van der Waals surface area contributed by atoms with Crippen molar-refractivity contribution in [3.05, 3.63) is 58.1 Å². The van der Waals surface area contributed by atoms with Crippen molar-refractivity contribution in [1.82, 2.24) is 14.7 Å². The van der Waals surface area contributed by atoms with E-state index in [1.165, 1.54) is 15.9 Å². The number of ketones is 1. The van der Waals surface area contributed by atoms with Gasteiger partial charge in [0.25, 0.3) is 5.91 Å². The van der Waals surface area contributed by atoms with E-state index in [-0.39, 0.29) is 73.9 Å². The van der Waals surface area contributed by atoms with Gasteiger partial charge in [-0.3, -0.25) is 9.59 Å². The molecule has 0 bridgehead atoms.